The number of hydrogen-bond acceptors (Lipinski definition) is 5. The minimum Gasteiger partial charge on any atom is -0.485 e. The molecule has 0 aromatic heterocycles. The van der Waals surface area contributed by atoms with E-state index in [0.717, 1.165) is 0 Å². The number of nitrogens with one attached hydrogen (secondary N) is 1. The fourth-order valence-corrected chi connectivity index (χ4v) is 4.28. The van der Waals surface area contributed by atoms with Crippen molar-refractivity contribution in [3.05, 3.63) is 78.9 Å². The molecule has 30 heavy (non-hydrogen) atoms. The van der Waals surface area contributed by atoms with Crippen molar-refractivity contribution in [3.8, 4) is 11.5 Å². The second-order valence-corrected chi connectivity index (χ2v) is 8.66. The lowest BCUT2D eigenvalue weighted by Crippen LogP contribution is -2.40. The summed E-state index contributed by atoms with van der Waals surface area (Å²) in [4.78, 5) is 12.7. The Kier molecular flexibility index (Phi) is 5.33. The van der Waals surface area contributed by atoms with Gasteiger partial charge in [0.2, 0.25) is 6.10 Å². The third kappa shape index (κ3) is 3.95. The van der Waals surface area contributed by atoms with E-state index in [1.165, 1.54) is 23.5 Å². The molecule has 1 aliphatic rings. The predicted octanol–water partition coefficient (Wildman–Crippen LogP) is 3.29. The Bertz CT molecular complexity index is 1160. The Labute approximate surface area is 174 Å². The van der Waals surface area contributed by atoms with Crippen molar-refractivity contribution in [3.63, 3.8) is 0 Å². The SMILES string of the molecule is CN(c1ccccc1)S(=O)(=O)c1cccc(NC(=O)[C@@H]2COc3ccccc3O2)c1. The largest absolute Gasteiger partial charge is 0.485 e. The summed E-state index contributed by atoms with van der Waals surface area (Å²) < 4.78 is 38.4. The summed E-state index contributed by atoms with van der Waals surface area (Å²) >= 11 is 0. The summed E-state index contributed by atoms with van der Waals surface area (Å²) in [6.45, 7) is 0.0670. The van der Waals surface area contributed by atoms with Gasteiger partial charge in [-0.15, -0.1) is 0 Å². The second-order valence-electron chi connectivity index (χ2n) is 6.69. The fourth-order valence-electron chi connectivity index (χ4n) is 3.04. The Morgan fingerprint density at radius 2 is 1.67 bits per heavy atom. The molecule has 0 spiro atoms. The number of nitrogens with zero attached hydrogens (tertiary/aromatic N) is 1. The molecular weight excluding hydrogens is 404 g/mol. The van der Waals surface area contributed by atoms with E-state index in [9.17, 15) is 13.2 Å². The van der Waals surface area contributed by atoms with Crippen LogP contribution >= 0.6 is 0 Å². The molecule has 1 heterocycles. The second kappa shape index (κ2) is 8.08. The van der Waals surface area contributed by atoms with Gasteiger partial charge in [0, 0.05) is 12.7 Å². The number of amides is 1. The van der Waals surface area contributed by atoms with Crippen LogP contribution < -0.4 is 19.1 Å². The van der Waals surface area contributed by atoms with Crippen molar-refractivity contribution >= 4 is 27.3 Å². The first-order valence-corrected chi connectivity index (χ1v) is 10.7. The summed E-state index contributed by atoms with van der Waals surface area (Å²) in [5.41, 5.74) is 0.892. The quantitative estimate of drug-likeness (QED) is 0.679. The molecule has 0 saturated carbocycles. The van der Waals surface area contributed by atoms with E-state index in [1.54, 1.807) is 54.6 Å². The van der Waals surface area contributed by atoms with Crippen LogP contribution in [-0.2, 0) is 14.8 Å². The molecule has 3 aromatic rings. The number of carbonyl (C=O) groups is 1. The highest BCUT2D eigenvalue weighted by Crippen LogP contribution is 2.31. The first-order valence-electron chi connectivity index (χ1n) is 9.28. The molecule has 0 aliphatic carbocycles. The normalized spacial score (nSPS) is 15.3. The average Bonchev–Trinajstić information content (AvgIpc) is 2.79. The minimum absolute atomic E-state index is 0.0670. The highest BCUT2D eigenvalue weighted by Gasteiger charge is 2.28. The van der Waals surface area contributed by atoms with E-state index >= 15 is 0 Å². The Morgan fingerprint density at radius 3 is 2.43 bits per heavy atom. The van der Waals surface area contributed by atoms with Crippen molar-refractivity contribution in [1.82, 2.24) is 0 Å². The number of rotatable bonds is 5. The number of ether oxygens (including phenoxy) is 2. The molecule has 8 heteroatoms. The molecular formula is C22H20N2O5S. The average molecular weight is 424 g/mol. The minimum atomic E-state index is -3.79. The van der Waals surface area contributed by atoms with E-state index in [4.69, 9.17) is 9.47 Å². The zero-order chi connectivity index (χ0) is 21.1. The molecule has 4 rings (SSSR count). The summed E-state index contributed by atoms with van der Waals surface area (Å²) in [5, 5.41) is 2.71. The van der Waals surface area contributed by atoms with Gasteiger partial charge in [-0.25, -0.2) is 8.42 Å². The molecule has 3 aromatic carbocycles. The molecule has 0 fully saturated rings. The van der Waals surface area contributed by atoms with Gasteiger partial charge >= 0.3 is 0 Å². The topological polar surface area (TPSA) is 84.9 Å². The maximum atomic E-state index is 13.0. The Balaban J connectivity index is 1.50. The Hall–Kier alpha value is -3.52. The number of anilines is 2. The van der Waals surface area contributed by atoms with Crippen molar-refractivity contribution in [2.45, 2.75) is 11.0 Å². The van der Waals surface area contributed by atoms with E-state index < -0.39 is 22.0 Å². The molecule has 0 unspecified atom stereocenters. The smallest absolute Gasteiger partial charge is 0.269 e. The molecule has 1 amide bonds. The summed E-state index contributed by atoms with van der Waals surface area (Å²) in [6, 6.07) is 22.0. The van der Waals surface area contributed by atoms with E-state index in [0.29, 0.717) is 22.9 Å². The molecule has 0 radical (unpaired) electrons. The van der Waals surface area contributed by atoms with Crippen molar-refractivity contribution in [1.29, 1.82) is 0 Å². The lowest BCUT2D eigenvalue weighted by molar-refractivity contribution is -0.125. The van der Waals surface area contributed by atoms with Crippen LogP contribution in [0.15, 0.2) is 83.8 Å². The van der Waals surface area contributed by atoms with E-state index in [1.807, 2.05) is 12.1 Å². The van der Waals surface area contributed by atoms with Crippen LogP contribution in [0.4, 0.5) is 11.4 Å². The van der Waals surface area contributed by atoms with Gasteiger partial charge in [0.05, 0.1) is 10.6 Å². The van der Waals surface area contributed by atoms with Gasteiger partial charge in [-0.3, -0.25) is 9.10 Å². The Morgan fingerprint density at radius 1 is 0.967 bits per heavy atom. The molecule has 1 aliphatic heterocycles. The highest BCUT2D eigenvalue weighted by atomic mass is 32.2. The number of para-hydroxylation sites is 3. The number of hydrogen-bond donors (Lipinski definition) is 1. The third-order valence-electron chi connectivity index (χ3n) is 4.68. The maximum Gasteiger partial charge on any atom is 0.269 e. The number of carbonyl (C=O) groups excluding carboxylic acids is 1. The van der Waals surface area contributed by atoms with Crippen molar-refractivity contribution < 1.29 is 22.7 Å². The zero-order valence-corrected chi connectivity index (χ0v) is 17.0. The van der Waals surface area contributed by atoms with E-state index in [-0.39, 0.29) is 11.5 Å². The van der Waals surface area contributed by atoms with Crippen LogP contribution in [0.2, 0.25) is 0 Å². The number of benzene rings is 3. The zero-order valence-electron chi connectivity index (χ0n) is 16.2. The summed E-state index contributed by atoms with van der Waals surface area (Å²) in [5.74, 6) is 0.652. The van der Waals surface area contributed by atoms with Crippen molar-refractivity contribution in [2.24, 2.45) is 0 Å². The molecule has 1 N–H and O–H groups in total. The van der Waals surface area contributed by atoms with Gasteiger partial charge < -0.3 is 14.8 Å². The predicted molar refractivity (Wildman–Crippen MR) is 113 cm³/mol. The van der Waals surface area contributed by atoms with Crippen LogP contribution in [0.3, 0.4) is 0 Å². The number of fused-ring (bicyclic) bond motifs is 1. The van der Waals surface area contributed by atoms with Gasteiger partial charge in [0.25, 0.3) is 15.9 Å². The lowest BCUT2D eigenvalue weighted by atomic mass is 10.2. The molecule has 154 valence electrons. The van der Waals surface area contributed by atoms with Crippen LogP contribution in [0, 0.1) is 0 Å². The lowest BCUT2D eigenvalue weighted by Gasteiger charge is -2.25. The van der Waals surface area contributed by atoms with E-state index in [2.05, 4.69) is 5.32 Å². The first-order chi connectivity index (χ1) is 14.4. The van der Waals surface area contributed by atoms with Crippen LogP contribution in [0.1, 0.15) is 0 Å². The van der Waals surface area contributed by atoms with Crippen LogP contribution in [-0.4, -0.2) is 34.1 Å². The first kappa shape index (κ1) is 19.8. The van der Waals surface area contributed by atoms with Gasteiger partial charge in [-0.05, 0) is 42.5 Å². The fraction of sp³-hybridized carbons (Fsp3) is 0.136. The molecule has 0 saturated heterocycles. The van der Waals surface area contributed by atoms with Gasteiger partial charge in [-0.1, -0.05) is 36.4 Å². The highest BCUT2D eigenvalue weighted by molar-refractivity contribution is 7.92. The van der Waals surface area contributed by atoms with Crippen LogP contribution in [0.25, 0.3) is 0 Å². The van der Waals surface area contributed by atoms with Crippen molar-refractivity contribution in [2.75, 3.05) is 23.3 Å². The maximum absolute atomic E-state index is 13.0. The van der Waals surface area contributed by atoms with Gasteiger partial charge in [0.15, 0.2) is 11.5 Å². The number of sulfonamides is 1. The summed E-state index contributed by atoms with van der Waals surface area (Å²) in [6.07, 6.45) is -0.841. The molecule has 7 nitrogen and oxygen atoms in total. The third-order valence-corrected chi connectivity index (χ3v) is 6.46. The van der Waals surface area contributed by atoms with Gasteiger partial charge in [-0.2, -0.15) is 0 Å². The monoisotopic (exact) mass is 424 g/mol. The standard InChI is InChI=1S/C22H20N2O5S/c1-24(17-9-3-2-4-10-17)30(26,27)18-11-7-8-16(14-18)23-22(25)21-15-28-19-12-5-6-13-20(19)29-21/h2-14,21H,15H2,1H3,(H,23,25)/t21-/m0/s1. The summed E-state index contributed by atoms with van der Waals surface area (Å²) in [7, 11) is -2.30. The van der Waals surface area contributed by atoms with Gasteiger partial charge in [0.1, 0.15) is 6.61 Å². The molecule has 1 atom stereocenters. The van der Waals surface area contributed by atoms with Crippen LogP contribution in [0.5, 0.6) is 11.5 Å². The molecule has 0 bridgehead atoms.